The number of aromatic nitrogens is 2. The van der Waals surface area contributed by atoms with Crippen LogP contribution in [0.4, 0.5) is 11.5 Å². The zero-order valence-electron chi connectivity index (χ0n) is 14.0. The molecule has 0 aliphatic rings. The summed E-state index contributed by atoms with van der Waals surface area (Å²) >= 11 is 0. The highest BCUT2D eigenvalue weighted by Gasteiger charge is 2.18. The van der Waals surface area contributed by atoms with E-state index in [1.807, 2.05) is 43.3 Å². The second kappa shape index (κ2) is 7.09. The van der Waals surface area contributed by atoms with Gasteiger partial charge >= 0.3 is 0 Å². The van der Waals surface area contributed by atoms with E-state index in [-0.39, 0.29) is 11.7 Å². The minimum absolute atomic E-state index is 0.0204. The van der Waals surface area contributed by atoms with Crippen LogP contribution >= 0.6 is 0 Å². The summed E-state index contributed by atoms with van der Waals surface area (Å²) in [6.07, 6.45) is 3.01. The van der Waals surface area contributed by atoms with Crippen LogP contribution in [0, 0.1) is 24.0 Å². The molecule has 0 amide bonds. The van der Waals surface area contributed by atoms with Crippen molar-refractivity contribution in [2.45, 2.75) is 19.9 Å². The third-order valence-corrected chi connectivity index (χ3v) is 3.91. The van der Waals surface area contributed by atoms with Gasteiger partial charge in [-0.15, -0.1) is 0 Å². The highest BCUT2D eigenvalue weighted by Crippen LogP contribution is 2.27. The van der Waals surface area contributed by atoms with Crippen LogP contribution in [0.15, 0.2) is 60.9 Å². The molecule has 0 saturated carbocycles. The number of nitro groups is 1. The first-order valence-electron chi connectivity index (χ1n) is 7.89. The smallest absolute Gasteiger partial charge is 0.287 e. The Bertz CT molecular complexity index is 897. The van der Waals surface area contributed by atoms with Gasteiger partial charge in [0.05, 0.1) is 16.7 Å². The van der Waals surface area contributed by atoms with Crippen molar-refractivity contribution in [1.29, 1.82) is 0 Å². The van der Waals surface area contributed by atoms with Gasteiger partial charge in [-0.1, -0.05) is 35.9 Å². The first-order valence-corrected chi connectivity index (χ1v) is 7.89. The van der Waals surface area contributed by atoms with Crippen molar-refractivity contribution in [2.24, 2.45) is 0 Å². The summed E-state index contributed by atoms with van der Waals surface area (Å²) in [4.78, 5) is 19.1. The Balaban J connectivity index is 2.00. The molecule has 3 aromatic rings. The first kappa shape index (κ1) is 16.6. The molecule has 1 N–H and O–H groups in total. The van der Waals surface area contributed by atoms with E-state index in [1.54, 1.807) is 13.1 Å². The summed E-state index contributed by atoms with van der Waals surface area (Å²) in [5, 5.41) is 14.3. The van der Waals surface area contributed by atoms with Crippen molar-refractivity contribution in [3.05, 3.63) is 93.4 Å². The molecule has 6 heteroatoms. The Morgan fingerprint density at radius 2 is 1.92 bits per heavy atom. The molecule has 0 spiro atoms. The molecule has 0 fully saturated rings. The summed E-state index contributed by atoms with van der Waals surface area (Å²) in [7, 11) is 0. The van der Waals surface area contributed by atoms with E-state index in [0.29, 0.717) is 11.4 Å². The fraction of sp³-hybridized carbons (Fsp3) is 0.158. The molecule has 6 nitrogen and oxygen atoms in total. The lowest BCUT2D eigenvalue weighted by atomic mass is 10.0. The monoisotopic (exact) mass is 334 g/mol. The Morgan fingerprint density at radius 1 is 1.08 bits per heavy atom. The van der Waals surface area contributed by atoms with Gasteiger partial charge in [-0.05, 0) is 37.1 Å². The van der Waals surface area contributed by atoms with Gasteiger partial charge in [0.1, 0.15) is 12.0 Å². The molecule has 25 heavy (non-hydrogen) atoms. The van der Waals surface area contributed by atoms with Gasteiger partial charge in [-0.3, -0.25) is 15.1 Å². The number of pyridine rings is 2. The highest BCUT2D eigenvalue weighted by atomic mass is 16.6. The van der Waals surface area contributed by atoms with E-state index in [1.165, 1.54) is 12.3 Å². The molecule has 1 atom stereocenters. The lowest BCUT2D eigenvalue weighted by molar-refractivity contribution is -0.385. The SMILES string of the molecule is Cc1cccc(C(Nc2ncc([N+](=O)[O-])cc2C)c2ccccn2)c1. The number of rotatable bonds is 5. The molecule has 1 unspecified atom stereocenters. The van der Waals surface area contributed by atoms with Crippen LogP contribution in [0.25, 0.3) is 0 Å². The van der Waals surface area contributed by atoms with Crippen LogP contribution in [0.5, 0.6) is 0 Å². The standard InChI is InChI=1S/C19H18N4O2/c1-13-6-5-7-15(10-13)18(17-8-3-4-9-20-17)22-19-14(2)11-16(12-21-19)23(24)25/h3-12,18H,1-2H3,(H,21,22). The number of aryl methyl sites for hydroxylation is 2. The van der Waals surface area contributed by atoms with Crippen molar-refractivity contribution >= 4 is 11.5 Å². The van der Waals surface area contributed by atoms with E-state index in [9.17, 15) is 10.1 Å². The molecule has 0 aliphatic heterocycles. The summed E-state index contributed by atoms with van der Waals surface area (Å²) in [5.74, 6) is 0.600. The molecule has 0 aliphatic carbocycles. The molecule has 126 valence electrons. The number of nitrogens with one attached hydrogen (secondary N) is 1. The summed E-state index contributed by atoms with van der Waals surface area (Å²) in [6, 6.07) is 15.2. The summed E-state index contributed by atoms with van der Waals surface area (Å²) in [5.41, 5.74) is 3.75. The lowest BCUT2D eigenvalue weighted by Crippen LogP contribution is -2.15. The quantitative estimate of drug-likeness (QED) is 0.558. The predicted octanol–water partition coefficient (Wildman–Crippen LogP) is 4.20. The van der Waals surface area contributed by atoms with Crippen molar-refractivity contribution in [2.75, 3.05) is 5.32 Å². The van der Waals surface area contributed by atoms with Crippen LogP contribution in [0.2, 0.25) is 0 Å². The Morgan fingerprint density at radius 3 is 2.56 bits per heavy atom. The molecule has 0 bridgehead atoms. The fourth-order valence-electron chi connectivity index (χ4n) is 2.67. The normalized spacial score (nSPS) is 11.8. The van der Waals surface area contributed by atoms with Crippen molar-refractivity contribution < 1.29 is 4.92 Å². The predicted molar refractivity (Wildman–Crippen MR) is 96.5 cm³/mol. The van der Waals surface area contributed by atoms with Crippen molar-refractivity contribution in [3.63, 3.8) is 0 Å². The number of benzene rings is 1. The van der Waals surface area contributed by atoms with Gasteiger partial charge in [0.2, 0.25) is 0 Å². The Hall–Kier alpha value is -3.28. The molecule has 2 aromatic heterocycles. The molecule has 1 aromatic carbocycles. The first-order chi connectivity index (χ1) is 12.0. The van der Waals surface area contributed by atoms with E-state index in [4.69, 9.17) is 0 Å². The van der Waals surface area contributed by atoms with Gasteiger partial charge < -0.3 is 5.32 Å². The second-order valence-electron chi connectivity index (χ2n) is 5.86. The Labute approximate surface area is 145 Å². The molecule has 3 rings (SSSR count). The summed E-state index contributed by atoms with van der Waals surface area (Å²) in [6.45, 7) is 3.84. The molecule has 2 heterocycles. The molecule has 0 radical (unpaired) electrons. The lowest BCUT2D eigenvalue weighted by Gasteiger charge is -2.21. The van der Waals surface area contributed by atoms with E-state index in [2.05, 4.69) is 21.4 Å². The fourth-order valence-corrected chi connectivity index (χ4v) is 2.67. The van der Waals surface area contributed by atoms with Gasteiger partial charge in [0, 0.05) is 12.3 Å². The van der Waals surface area contributed by atoms with Crippen LogP contribution in [0.1, 0.15) is 28.4 Å². The van der Waals surface area contributed by atoms with Crippen LogP contribution < -0.4 is 5.32 Å². The van der Waals surface area contributed by atoms with Crippen LogP contribution in [0.3, 0.4) is 0 Å². The van der Waals surface area contributed by atoms with Crippen LogP contribution in [-0.4, -0.2) is 14.9 Å². The number of hydrogen-bond acceptors (Lipinski definition) is 5. The van der Waals surface area contributed by atoms with E-state index in [0.717, 1.165) is 16.8 Å². The number of nitrogens with zero attached hydrogens (tertiary/aromatic N) is 3. The Kier molecular flexibility index (Phi) is 4.70. The average Bonchev–Trinajstić information content (AvgIpc) is 2.61. The van der Waals surface area contributed by atoms with Crippen molar-refractivity contribution in [1.82, 2.24) is 9.97 Å². The largest absolute Gasteiger partial charge is 0.357 e. The number of anilines is 1. The van der Waals surface area contributed by atoms with Crippen molar-refractivity contribution in [3.8, 4) is 0 Å². The molecular formula is C19H18N4O2. The minimum atomic E-state index is -0.444. The van der Waals surface area contributed by atoms with Gasteiger partial charge in [0.15, 0.2) is 0 Å². The zero-order valence-corrected chi connectivity index (χ0v) is 14.0. The molecular weight excluding hydrogens is 316 g/mol. The molecule has 0 saturated heterocycles. The third kappa shape index (κ3) is 3.80. The zero-order chi connectivity index (χ0) is 17.8. The average molecular weight is 334 g/mol. The van der Waals surface area contributed by atoms with Gasteiger partial charge in [-0.2, -0.15) is 0 Å². The van der Waals surface area contributed by atoms with Crippen LogP contribution in [-0.2, 0) is 0 Å². The van der Waals surface area contributed by atoms with E-state index < -0.39 is 4.92 Å². The summed E-state index contributed by atoms with van der Waals surface area (Å²) < 4.78 is 0. The third-order valence-electron chi connectivity index (χ3n) is 3.91. The second-order valence-corrected chi connectivity index (χ2v) is 5.86. The maximum Gasteiger partial charge on any atom is 0.287 e. The topological polar surface area (TPSA) is 81.0 Å². The highest BCUT2D eigenvalue weighted by molar-refractivity contribution is 5.51. The van der Waals surface area contributed by atoms with Gasteiger partial charge in [0.25, 0.3) is 5.69 Å². The minimum Gasteiger partial charge on any atom is -0.357 e. The maximum atomic E-state index is 10.9. The maximum absolute atomic E-state index is 10.9. The van der Waals surface area contributed by atoms with E-state index >= 15 is 0 Å². The number of hydrogen-bond donors (Lipinski definition) is 1. The van der Waals surface area contributed by atoms with Gasteiger partial charge in [-0.25, -0.2) is 4.98 Å².